The summed E-state index contributed by atoms with van der Waals surface area (Å²) in [6.07, 6.45) is 0.972. The van der Waals surface area contributed by atoms with Crippen LogP contribution in [0.15, 0.2) is 47.4 Å². The highest BCUT2D eigenvalue weighted by Gasteiger charge is 2.18. The van der Waals surface area contributed by atoms with Gasteiger partial charge < -0.3 is 15.4 Å². The molecule has 0 aliphatic carbocycles. The van der Waals surface area contributed by atoms with E-state index in [4.69, 9.17) is 16.3 Å². The molecule has 0 fully saturated rings. The van der Waals surface area contributed by atoms with E-state index in [-0.39, 0.29) is 41.9 Å². The first-order valence-electron chi connectivity index (χ1n) is 8.04. The number of benzene rings is 2. The average Bonchev–Trinajstić information content (AvgIpc) is 2.62. The summed E-state index contributed by atoms with van der Waals surface area (Å²) in [5, 5.41) is 17.0. The number of carbonyl (C=O) groups excluding carboxylic acids is 1. The SMILES string of the molecule is CS(=O)(=O)c1ccc(NCCNC(=O)COc2cccc(Cl)c2)c([N+](=O)[O-])c1. The maximum Gasteiger partial charge on any atom is 0.293 e. The first kappa shape index (κ1) is 21.5. The number of nitrogens with zero attached hydrogens (tertiary/aromatic N) is 1. The zero-order valence-corrected chi connectivity index (χ0v) is 16.4. The van der Waals surface area contributed by atoms with Gasteiger partial charge >= 0.3 is 0 Å². The number of halogens is 1. The van der Waals surface area contributed by atoms with Crippen molar-refractivity contribution in [1.29, 1.82) is 0 Å². The molecule has 2 aromatic carbocycles. The number of rotatable bonds is 9. The van der Waals surface area contributed by atoms with Crippen molar-refractivity contribution in [2.75, 3.05) is 31.3 Å². The fourth-order valence-corrected chi connectivity index (χ4v) is 3.02. The Kier molecular flexibility index (Phi) is 7.18. The Morgan fingerprint density at radius 2 is 1.96 bits per heavy atom. The molecule has 2 N–H and O–H groups in total. The van der Waals surface area contributed by atoms with Crippen molar-refractivity contribution in [3.63, 3.8) is 0 Å². The van der Waals surface area contributed by atoms with Gasteiger partial charge in [0.25, 0.3) is 11.6 Å². The van der Waals surface area contributed by atoms with Gasteiger partial charge in [-0.3, -0.25) is 14.9 Å². The van der Waals surface area contributed by atoms with Gasteiger partial charge in [0.2, 0.25) is 0 Å². The molecule has 0 aliphatic heterocycles. The van der Waals surface area contributed by atoms with Crippen LogP contribution < -0.4 is 15.4 Å². The lowest BCUT2D eigenvalue weighted by atomic mass is 10.2. The highest BCUT2D eigenvalue weighted by Crippen LogP contribution is 2.27. The van der Waals surface area contributed by atoms with E-state index < -0.39 is 14.8 Å². The maximum absolute atomic E-state index is 11.8. The normalized spacial score (nSPS) is 10.9. The highest BCUT2D eigenvalue weighted by molar-refractivity contribution is 7.90. The van der Waals surface area contributed by atoms with Crippen LogP contribution in [0.1, 0.15) is 0 Å². The molecule has 0 atom stereocenters. The number of sulfone groups is 1. The molecule has 0 aromatic heterocycles. The Balaban J connectivity index is 1.84. The van der Waals surface area contributed by atoms with E-state index in [0.29, 0.717) is 10.8 Å². The monoisotopic (exact) mass is 427 g/mol. The van der Waals surface area contributed by atoms with Crippen molar-refractivity contribution < 1.29 is 22.9 Å². The Morgan fingerprint density at radius 3 is 2.61 bits per heavy atom. The number of nitro benzene ring substituents is 1. The largest absolute Gasteiger partial charge is 0.484 e. The molecule has 0 heterocycles. The predicted octanol–water partition coefficient (Wildman–Crippen LogP) is 2.26. The predicted molar refractivity (Wildman–Crippen MR) is 105 cm³/mol. The van der Waals surface area contributed by atoms with Crippen molar-refractivity contribution in [2.24, 2.45) is 0 Å². The molecule has 1 amide bonds. The third kappa shape index (κ3) is 6.39. The van der Waals surface area contributed by atoms with Crippen molar-refractivity contribution in [2.45, 2.75) is 4.90 Å². The number of carbonyl (C=O) groups is 1. The fraction of sp³-hybridized carbons (Fsp3) is 0.235. The van der Waals surface area contributed by atoms with Crippen molar-refractivity contribution >= 4 is 38.7 Å². The van der Waals surface area contributed by atoms with Gasteiger partial charge in [-0.15, -0.1) is 0 Å². The molecule has 0 bridgehead atoms. The first-order chi connectivity index (χ1) is 13.2. The lowest BCUT2D eigenvalue weighted by Crippen LogP contribution is -2.32. The number of hydrogen-bond acceptors (Lipinski definition) is 7. The van der Waals surface area contributed by atoms with E-state index in [2.05, 4.69) is 10.6 Å². The Morgan fingerprint density at radius 1 is 1.21 bits per heavy atom. The van der Waals surface area contributed by atoms with E-state index >= 15 is 0 Å². The topological polar surface area (TPSA) is 128 Å². The summed E-state index contributed by atoms with van der Waals surface area (Å²) in [6, 6.07) is 10.2. The third-order valence-electron chi connectivity index (χ3n) is 3.52. The Labute approximate surface area is 166 Å². The minimum Gasteiger partial charge on any atom is -0.484 e. The van der Waals surface area contributed by atoms with E-state index in [9.17, 15) is 23.3 Å². The minimum atomic E-state index is -3.56. The molecule has 0 radical (unpaired) electrons. The average molecular weight is 428 g/mol. The third-order valence-corrected chi connectivity index (χ3v) is 4.87. The van der Waals surface area contributed by atoms with Crippen LogP contribution in [-0.2, 0) is 14.6 Å². The second kappa shape index (κ2) is 9.38. The van der Waals surface area contributed by atoms with Gasteiger partial charge in [0.05, 0.1) is 9.82 Å². The summed E-state index contributed by atoms with van der Waals surface area (Å²) < 4.78 is 28.4. The summed E-state index contributed by atoms with van der Waals surface area (Å²) in [5.74, 6) is 0.0889. The first-order valence-corrected chi connectivity index (χ1v) is 10.3. The lowest BCUT2D eigenvalue weighted by molar-refractivity contribution is -0.384. The zero-order chi connectivity index (χ0) is 20.7. The molecule has 0 aliphatic rings. The number of nitro groups is 1. The van der Waals surface area contributed by atoms with Crippen LogP contribution in [0.25, 0.3) is 0 Å². The van der Waals surface area contributed by atoms with Gasteiger partial charge in [0, 0.05) is 30.4 Å². The summed E-state index contributed by atoms with van der Waals surface area (Å²) in [7, 11) is -3.56. The van der Waals surface area contributed by atoms with E-state index in [1.807, 2.05) is 0 Å². The van der Waals surface area contributed by atoms with E-state index in [1.165, 1.54) is 12.1 Å². The smallest absolute Gasteiger partial charge is 0.293 e. The van der Waals surface area contributed by atoms with Crippen LogP contribution in [0, 0.1) is 10.1 Å². The van der Waals surface area contributed by atoms with Crippen molar-refractivity contribution in [1.82, 2.24) is 5.32 Å². The molecule has 0 saturated carbocycles. The standard InChI is InChI=1S/C17H18ClN3O6S/c1-28(25,26)14-5-6-15(16(10-14)21(23)24)19-7-8-20-17(22)11-27-13-4-2-3-12(18)9-13/h2-6,9-10,19H,7-8,11H2,1H3,(H,20,22). The number of ether oxygens (including phenoxy) is 1. The molecule has 0 unspecified atom stereocenters. The number of nitrogens with one attached hydrogen (secondary N) is 2. The Hall–Kier alpha value is -2.85. The summed E-state index contributed by atoms with van der Waals surface area (Å²) >= 11 is 5.82. The molecular formula is C17H18ClN3O6S. The summed E-state index contributed by atoms with van der Waals surface area (Å²) in [5.41, 5.74) is -0.208. The van der Waals surface area contributed by atoms with E-state index in [1.54, 1.807) is 24.3 Å². The van der Waals surface area contributed by atoms with Gasteiger partial charge in [-0.1, -0.05) is 17.7 Å². The number of anilines is 1. The Bertz CT molecular complexity index is 981. The van der Waals surface area contributed by atoms with Crippen LogP contribution in [0.3, 0.4) is 0 Å². The number of hydrogen-bond donors (Lipinski definition) is 2. The lowest BCUT2D eigenvalue weighted by Gasteiger charge is -2.10. The minimum absolute atomic E-state index is 0.142. The molecule has 150 valence electrons. The van der Waals surface area contributed by atoms with Gasteiger partial charge in [-0.2, -0.15) is 0 Å². The van der Waals surface area contributed by atoms with Crippen LogP contribution in [0.2, 0.25) is 5.02 Å². The fourth-order valence-electron chi connectivity index (χ4n) is 2.20. The molecular weight excluding hydrogens is 410 g/mol. The maximum atomic E-state index is 11.8. The van der Waals surface area contributed by atoms with Gasteiger partial charge in [0.1, 0.15) is 11.4 Å². The van der Waals surface area contributed by atoms with Crippen LogP contribution >= 0.6 is 11.6 Å². The van der Waals surface area contributed by atoms with Gasteiger partial charge in [-0.25, -0.2) is 8.42 Å². The van der Waals surface area contributed by atoms with Crippen LogP contribution in [0.5, 0.6) is 5.75 Å². The van der Waals surface area contributed by atoms with E-state index in [0.717, 1.165) is 12.3 Å². The van der Waals surface area contributed by atoms with Gasteiger partial charge in [-0.05, 0) is 30.3 Å². The van der Waals surface area contributed by atoms with Crippen LogP contribution in [-0.4, -0.2) is 45.2 Å². The quantitative estimate of drug-likeness (QED) is 0.357. The second-order valence-corrected chi connectivity index (χ2v) is 8.18. The second-order valence-electron chi connectivity index (χ2n) is 5.73. The van der Waals surface area contributed by atoms with Crippen molar-refractivity contribution in [3.8, 4) is 5.75 Å². The molecule has 0 saturated heterocycles. The number of amides is 1. The van der Waals surface area contributed by atoms with Crippen LogP contribution in [0.4, 0.5) is 11.4 Å². The molecule has 9 nitrogen and oxygen atoms in total. The molecule has 28 heavy (non-hydrogen) atoms. The summed E-state index contributed by atoms with van der Waals surface area (Å²) in [4.78, 5) is 22.1. The summed E-state index contributed by atoms with van der Waals surface area (Å²) in [6.45, 7) is 0.175. The molecule has 0 spiro atoms. The highest BCUT2D eigenvalue weighted by atomic mass is 35.5. The zero-order valence-electron chi connectivity index (χ0n) is 14.8. The van der Waals surface area contributed by atoms with Gasteiger partial charge in [0.15, 0.2) is 16.4 Å². The molecule has 11 heteroatoms. The molecule has 2 aromatic rings. The molecule has 2 rings (SSSR count). The van der Waals surface area contributed by atoms with Crippen molar-refractivity contribution in [3.05, 3.63) is 57.6 Å².